The summed E-state index contributed by atoms with van der Waals surface area (Å²) in [5.74, 6) is 0.263. The molecule has 1 aliphatic rings. The Morgan fingerprint density at radius 2 is 2.26 bits per heavy atom. The van der Waals surface area contributed by atoms with Crippen molar-refractivity contribution in [3.8, 4) is 0 Å². The van der Waals surface area contributed by atoms with E-state index in [0.717, 1.165) is 37.1 Å². The second-order valence-electron chi connectivity index (χ2n) is 5.07. The molecule has 1 amide bonds. The molecule has 0 aliphatic carbocycles. The number of hydrogen-bond donors (Lipinski definition) is 2. The molecule has 3 N–H and O–H groups in total. The molecule has 4 heteroatoms. The SMILES string of the molecule is NCCC(O)c1cccc(CCN2CCCC2=O)c1. The van der Waals surface area contributed by atoms with Crippen LogP contribution in [0.15, 0.2) is 24.3 Å². The molecule has 1 fully saturated rings. The first-order chi connectivity index (χ1) is 9.20. The summed E-state index contributed by atoms with van der Waals surface area (Å²) < 4.78 is 0. The van der Waals surface area contributed by atoms with Gasteiger partial charge in [-0.2, -0.15) is 0 Å². The molecule has 0 spiro atoms. The van der Waals surface area contributed by atoms with Crippen molar-refractivity contribution in [3.63, 3.8) is 0 Å². The van der Waals surface area contributed by atoms with E-state index in [-0.39, 0.29) is 5.91 Å². The fraction of sp³-hybridized carbons (Fsp3) is 0.533. The highest BCUT2D eigenvalue weighted by Gasteiger charge is 2.19. The van der Waals surface area contributed by atoms with E-state index in [4.69, 9.17) is 5.73 Å². The van der Waals surface area contributed by atoms with Gasteiger partial charge in [-0.05, 0) is 36.9 Å². The van der Waals surface area contributed by atoms with Gasteiger partial charge >= 0.3 is 0 Å². The second-order valence-corrected chi connectivity index (χ2v) is 5.07. The largest absolute Gasteiger partial charge is 0.388 e. The zero-order valence-electron chi connectivity index (χ0n) is 11.2. The summed E-state index contributed by atoms with van der Waals surface area (Å²) in [6.45, 7) is 2.14. The van der Waals surface area contributed by atoms with Gasteiger partial charge in [0.25, 0.3) is 0 Å². The van der Waals surface area contributed by atoms with Crippen LogP contribution in [0.2, 0.25) is 0 Å². The van der Waals surface area contributed by atoms with Gasteiger partial charge in [-0.25, -0.2) is 0 Å². The molecule has 0 radical (unpaired) electrons. The molecular weight excluding hydrogens is 240 g/mol. The van der Waals surface area contributed by atoms with Crippen LogP contribution in [-0.4, -0.2) is 35.5 Å². The number of aliphatic hydroxyl groups excluding tert-OH is 1. The summed E-state index contributed by atoms with van der Waals surface area (Å²) in [6.07, 6.45) is 2.60. The third-order valence-corrected chi connectivity index (χ3v) is 3.62. The van der Waals surface area contributed by atoms with Gasteiger partial charge in [-0.1, -0.05) is 24.3 Å². The minimum Gasteiger partial charge on any atom is -0.388 e. The van der Waals surface area contributed by atoms with Crippen molar-refractivity contribution in [1.82, 2.24) is 4.90 Å². The summed E-state index contributed by atoms with van der Waals surface area (Å²) in [5, 5.41) is 9.92. The zero-order valence-corrected chi connectivity index (χ0v) is 11.2. The number of likely N-dealkylation sites (tertiary alicyclic amines) is 1. The van der Waals surface area contributed by atoms with E-state index in [1.807, 2.05) is 29.2 Å². The lowest BCUT2D eigenvalue weighted by molar-refractivity contribution is -0.127. The third kappa shape index (κ3) is 3.78. The second kappa shape index (κ2) is 6.68. The molecular formula is C15H22N2O2. The number of aliphatic hydroxyl groups is 1. The van der Waals surface area contributed by atoms with Crippen LogP contribution in [0.4, 0.5) is 0 Å². The minimum absolute atomic E-state index is 0.263. The van der Waals surface area contributed by atoms with Gasteiger partial charge in [0.15, 0.2) is 0 Å². The lowest BCUT2D eigenvalue weighted by Gasteiger charge is -2.16. The molecule has 1 aromatic rings. The van der Waals surface area contributed by atoms with Gasteiger partial charge in [0.05, 0.1) is 6.10 Å². The van der Waals surface area contributed by atoms with Crippen LogP contribution >= 0.6 is 0 Å². The summed E-state index contributed by atoms with van der Waals surface area (Å²) in [4.78, 5) is 13.4. The number of nitrogens with zero attached hydrogens (tertiary/aromatic N) is 1. The first kappa shape index (κ1) is 14.0. The molecule has 1 heterocycles. The maximum atomic E-state index is 11.5. The number of hydrogen-bond acceptors (Lipinski definition) is 3. The molecule has 2 rings (SSSR count). The van der Waals surface area contributed by atoms with Crippen molar-refractivity contribution < 1.29 is 9.90 Å². The fourth-order valence-corrected chi connectivity index (χ4v) is 2.48. The Labute approximate surface area is 114 Å². The average molecular weight is 262 g/mol. The van der Waals surface area contributed by atoms with Crippen LogP contribution < -0.4 is 5.73 Å². The van der Waals surface area contributed by atoms with E-state index in [1.165, 1.54) is 0 Å². The third-order valence-electron chi connectivity index (χ3n) is 3.62. The molecule has 19 heavy (non-hydrogen) atoms. The Morgan fingerprint density at radius 3 is 2.95 bits per heavy atom. The highest BCUT2D eigenvalue weighted by atomic mass is 16.3. The highest BCUT2D eigenvalue weighted by Crippen LogP contribution is 2.18. The van der Waals surface area contributed by atoms with Gasteiger partial charge in [0.1, 0.15) is 0 Å². The number of rotatable bonds is 6. The molecule has 0 aromatic heterocycles. The predicted molar refractivity (Wildman–Crippen MR) is 74.6 cm³/mol. The topological polar surface area (TPSA) is 66.6 Å². The van der Waals surface area contributed by atoms with Crippen molar-refractivity contribution in [2.24, 2.45) is 5.73 Å². The zero-order chi connectivity index (χ0) is 13.7. The number of amides is 1. The van der Waals surface area contributed by atoms with Crippen LogP contribution in [0.25, 0.3) is 0 Å². The van der Waals surface area contributed by atoms with Crippen molar-refractivity contribution in [2.45, 2.75) is 31.8 Å². The highest BCUT2D eigenvalue weighted by molar-refractivity contribution is 5.78. The maximum absolute atomic E-state index is 11.5. The molecule has 1 atom stereocenters. The molecule has 1 unspecified atom stereocenters. The fourth-order valence-electron chi connectivity index (χ4n) is 2.48. The molecule has 104 valence electrons. The lowest BCUT2D eigenvalue weighted by Crippen LogP contribution is -2.26. The lowest BCUT2D eigenvalue weighted by atomic mass is 10.0. The Balaban J connectivity index is 1.93. The molecule has 0 saturated carbocycles. The average Bonchev–Trinajstić information content (AvgIpc) is 2.82. The normalized spacial score (nSPS) is 16.9. The van der Waals surface area contributed by atoms with E-state index in [9.17, 15) is 9.90 Å². The standard InChI is InChI=1S/C15H22N2O2/c16-8-6-14(18)13-4-1-3-12(11-13)7-10-17-9-2-5-15(17)19/h1,3-4,11,14,18H,2,5-10,16H2. The van der Waals surface area contributed by atoms with E-state index in [1.54, 1.807) is 0 Å². The van der Waals surface area contributed by atoms with E-state index in [2.05, 4.69) is 0 Å². The van der Waals surface area contributed by atoms with Crippen molar-refractivity contribution >= 4 is 5.91 Å². The Bertz CT molecular complexity index is 434. The van der Waals surface area contributed by atoms with Gasteiger partial charge in [-0.15, -0.1) is 0 Å². The van der Waals surface area contributed by atoms with Crippen LogP contribution in [-0.2, 0) is 11.2 Å². The summed E-state index contributed by atoms with van der Waals surface area (Å²) in [6, 6.07) is 7.93. The molecule has 1 saturated heterocycles. The Hall–Kier alpha value is -1.39. The van der Waals surface area contributed by atoms with Crippen molar-refractivity contribution in [1.29, 1.82) is 0 Å². The molecule has 4 nitrogen and oxygen atoms in total. The number of nitrogens with two attached hydrogens (primary N) is 1. The van der Waals surface area contributed by atoms with E-state index in [0.29, 0.717) is 19.4 Å². The molecule has 0 bridgehead atoms. The van der Waals surface area contributed by atoms with Crippen molar-refractivity contribution in [2.75, 3.05) is 19.6 Å². The quantitative estimate of drug-likeness (QED) is 0.810. The van der Waals surface area contributed by atoms with Gasteiger partial charge in [0, 0.05) is 19.5 Å². The van der Waals surface area contributed by atoms with Gasteiger partial charge in [0.2, 0.25) is 5.91 Å². The first-order valence-electron chi connectivity index (χ1n) is 6.95. The van der Waals surface area contributed by atoms with Gasteiger partial charge < -0.3 is 15.7 Å². The Kier molecular flexibility index (Phi) is 4.93. The monoisotopic (exact) mass is 262 g/mol. The smallest absolute Gasteiger partial charge is 0.222 e. The van der Waals surface area contributed by atoms with Crippen LogP contribution in [0.1, 0.15) is 36.5 Å². The van der Waals surface area contributed by atoms with E-state index < -0.39 is 6.10 Å². The summed E-state index contributed by atoms with van der Waals surface area (Å²) in [7, 11) is 0. The summed E-state index contributed by atoms with van der Waals surface area (Å²) >= 11 is 0. The predicted octanol–water partition coefficient (Wildman–Crippen LogP) is 1.23. The molecule has 1 aromatic carbocycles. The number of carbonyl (C=O) groups excluding carboxylic acids is 1. The van der Waals surface area contributed by atoms with Crippen LogP contribution in [0.3, 0.4) is 0 Å². The Morgan fingerprint density at radius 1 is 1.42 bits per heavy atom. The van der Waals surface area contributed by atoms with E-state index >= 15 is 0 Å². The van der Waals surface area contributed by atoms with Gasteiger partial charge in [-0.3, -0.25) is 4.79 Å². The van der Waals surface area contributed by atoms with Crippen LogP contribution in [0, 0.1) is 0 Å². The number of benzene rings is 1. The summed E-state index contributed by atoms with van der Waals surface area (Å²) in [5.41, 5.74) is 7.53. The number of carbonyl (C=O) groups is 1. The minimum atomic E-state index is -0.488. The maximum Gasteiger partial charge on any atom is 0.222 e. The van der Waals surface area contributed by atoms with Crippen LogP contribution in [0.5, 0.6) is 0 Å². The first-order valence-corrected chi connectivity index (χ1v) is 6.95. The molecule has 1 aliphatic heterocycles. The van der Waals surface area contributed by atoms with Crippen molar-refractivity contribution in [3.05, 3.63) is 35.4 Å².